The number of hydrogen-bond donors (Lipinski definition) is 3. The number of aliphatic hydroxyl groups excluding tert-OH is 3. The van der Waals surface area contributed by atoms with Crippen LogP contribution >= 0.6 is 12.2 Å². The smallest absolute Gasteiger partial charge is 0.160 e. The summed E-state index contributed by atoms with van der Waals surface area (Å²) in [5.41, 5.74) is 0. The molecule has 0 radical (unpaired) electrons. The lowest BCUT2D eigenvalue weighted by atomic mass is 10.0. The number of ether oxygens (including phenoxy) is 2. The van der Waals surface area contributed by atoms with Crippen LogP contribution in [0.4, 0.5) is 0 Å². The van der Waals surface area contributed by atoms with Crippen molar-refractivity contribution >= 4 is 17.3 Å². The van der Waals surface area contributed by atoms with Gasteiger partial charge in [-0.3, -0.25) is 0 Å². The largest absolute Gasteiger partial charge is 0.479 e. The molecule has 3 N–H and O–H groups in total. The maximum Gasteiger partial charge on any atom is 0.160 e. The summed E-state index contributed by atoms with van der Waals surface area (Å²) in [5.74, 6) is 0. The van der Waals surface area contributed by atoms with Gasteiger partial charge in [0.15, 0.2) is 11.2 Å². The number of thiocarbonyl (C=S) groups is 1. The SMILES string of the molecule is CCCCCCCCCCCCCCCC(=S)O[C@H]1CO[C@H](CO)[C@@H](O)[C@@H]1O. The van der Waals surface area contributed by atoms with Gasteiger partial charge < -0.3 is 24.8 Å². The molecule has 6 heteroatoms. The monoisotopic (exact) mass is 418 g/mol. The van der Waals surface area contributed by atoms with Crippen molar-refractivity contribution in [3.05, 3.63) is 0 Å². The first kappa shape index (κ1) is 25.8. The molecule has 0 aliphatic carbocycles. The molecule has 1 rings (SSSR count). The van der Waals surface area contributed by atoms with E-state index < -0.39 is 24.4 Å². The van der Waals surface area contributed by atoms with Gasteiger partial charge in [0.1, 0.15) is 18.3 Å². The van der Waals surface area contributed by atoms with E-state index in [2.05, 4.69) is 6.92 Å². The van der Waals surface area contributed by atoms with Crippen LogP contribution in [0.5, 0.6) is 0 Å². The van der Waals surface area contributed by atoms with Crippen molar-refractivity contribution < 1.29 is 24.8 Å². The van der Waals surface area contributed by atoms with Crippen molar-refractivity contribution in [1.82, 2.24) is 0 Å². The molecule has 0 aromatic carbocycles. The van der Waals surface area contributed by atoms with Crippen LogP contribution in [0.3, 0.4) is 0 Å². The van der Waals surface area contributed by atoms with Gasteiger partial charge in [0.05, 0.1) is 13.2 Å². The molecule has 0 unspecified atom stereocenters. The Kier molecular flexibility index (Phi) is 15.2. The summed E-state index contributed by atoms with van der Waals surface area (Å²) in [6, 6.07) is 0. The average Bonchev–Trinajstić information content (AvgIpc) is 2.69. The molecule has 0 amide bonds. The lowest BCUT2D eigenvalue weighted by Gasteiger charge is -2.36. The fourth-order valence-electron chi connectivity index (χ4n) is 3.63. The molecule has 1 aliphatic heterocycles. The Morgan fingerprint density at radius 3 is 1.86 bits per heavy atom. The highest BCUT2D eigenvalue weighted by atomic mass is 32.1. The molecular weight excluding hydrogens is 376 g/mol. The third-order valence-corrected chi connectivity index (χ3v) is 5.83. The standard InChI is InChI=1S/C22H42O5S/c1-2-3-4-5-6-7-8-9-10-11-12-13-14-15-20(28)27-19-17-26-18(16-23)21(24)22(19)25/h18-19,21-25H,2-17H2,1H3/t18-,19+,21-,22-/m1/s1. The van der Waals surface area contributed by atoms with Crippen molar-refractivity contribution in [3.63, 3.8) is 0 Å². The van der Waals surface area contributed by atoms with Crippen LogP contribution in [0.1, 0.15) is 96.8 Å². The quantitative estimate of drug-likeness (QED) is 0.256. The van der Waals surface area contributed by atoms with Gasteiger partial charge in [0.2, 0.25) is 0 Å². The fourth-order valence-corrected chi connectivity index (χ4v) is 3.90. The van der Waals surface area contributed by atoms with E-state index in [0.717, 1.165) is 12.8 Å². The lowest BCUT2D eigenvalue weighted by Crippen LogP contribution is -2.55. The molecule has 1 saturated heterocycles. The molecule has 1 aliphatic rings. The van der Waals surface area contributed by atoms with E-state index in [1.165, 1.54) is 70.6 Å². The van der Waals surface area contributed by atoms with Gasteiger partial charge in [-0.1, -0.05) is 84.0 Å². The van der Waals surface area contributed by atoms with Gasteiger partial charge in [0, 0.05) is 6.42 Å². The Bertz CT molecular complexity index is 393. The Morgan fingerprint density at radius 1 is 0.857 bits per heavy atom. The van der Waals surface area contributed by atoms with E-state index in [0.29, 0.717) is 11.5 Å². The maximum atomic E-state index is 10.0. The molecule has 0 aromatic heterocycles. The van der Waals surface area contributed by atoms with E-state index in [1.54, 1.807) is 0 Å². The van der Waals surface area contributed by atoms with Crippen LogP contribution in [0.2, 0.25) is 0 Å². The minimum absolute atomic E-state index is 0.127. The first-order valence-electron chi connectivity index (χ1n) is 11.4. The third kappa shape index (κ3) is 11.1. The van der Waals surface area contributed by atoms with Crippen LogP contribution in [0.25, 0.3) is 0 Å². The highest BCUT2D eigenvalue weighted by Crippen LogP contribution is 2.19. The molecule has 1 heterocycles. The zero-order valence-electron chi connectivity index (χ0n) is 17.7. The second kappa shape index (κ2) is 16.5. The Balaban J connectivity index is 1.93. The molecule has 28 heavy (non-hydrogen) atoms. The van der Waals surface area contributed by atoms with E-state index >= 15 is 0 Å². The van der Waals surface area contributed by atoms with Crippen LogP contribution in [-0.2, 0) is 9.47 Å². The predicted molar refractivity (Wildman–Crippen MR) is 117 cm³/mol. The molecule has 4 atom stereocenters. The summed E-state index contributed by atoms with van der Waals surface area (Å²) < 4.78 is 10.9. The van der Waals surface area contributed by atoms with E-state index in [-0.39, 0.29) is 13.2 Å². The summed E-state index contributed by atoms with van der Waals surface area (Å²) in [7, 11) is 0. The number of hydrogen-bond acceptors (Lipinski definition) is 6. The Morgan fingerprint density at radius 2 is 1.36 bits per heavy atom. The normalized spacial score (nSPS) is 25.0. The zero-order chi connectivity index (χ0) is 20.6. The van der Waals surface area contributed by atoms with Crippen molar-refractivity contribution in [1.29, 1.82) is 0 Å². The molecule has 0 spiro atoms. The highest BCUT2D eigenvalue weighted by molar-refractivity contribution is 7.80. The summed E-state index contributed by atoms with van der Waals surface area (Å²) >= 11 is 5.25. The first-order valence-corrected chi connectivity index (χ1v) is 11.8. The molecule has 166 valence electrons. The van der Waals surface area contributed by atoms with E-state index in [9.17, 15) is 10.2 Å². The van der Waals surface area contributed by atoms with Gasteiger partial charge in [-0.2, -0.15) is 0 Å². The molecule has 0 aromatic rings. The van der Waals surface area contributed by atoms with Crippen LogP contribution in [0.15, 0.2) is 0 Å². The van der Waals surface area contributed by atoms with Crippen molar-refractivity contribution in [2.45, 2.75) is 121 Å². The Labute approximate surface area is 176 Å². The third-order valence-electron chi connectivity index (χ3n) is 5.53. The van der Waals surface area contributed by atoms with Gasteiger partial charge in [-0.25, -0.2) is 0 Å². The van der Waals surface area contributed by atoms with Crippen molar-refractivity contribution in [2.75, 3.05) is 13.2 Å². The van der Waals surface area contributed by atoms with Crippen molar-refractivity contribution in [2.24, 2.45) is 0 Å². The van der Waals surface area contributed by atoms with Crippen LogP contribution in [-0.4, -0.2) is 58.0 Å². The minimum atomic E-state index is -1.15. The number of rotatable bonds is 16. The van der Waals surface area contributed by atoms with Gasteiger partial charge >= 0.3 is 0 Å². The topological polar surface area (TPSA) is 79.2 Å². The first-order chi connectivity index (χ1) is 13.6. The van der Waals surface area contributed by atoms with Crippen molar-refractivity contribution in [3.8, 4) is 0 Å². The van der Waals surface area contributed by atoms with E-state index in [1.807, 2.05) is 0 Å². The summed E-state index contributed by atoms with van der Waals surface area (Å²) in [4.78, 5) is 0. The van der Waals surface area contributed by atoms with Gasteiger partial charge in [-0.05, 0) is 18.6 Å². The average molecular weight is 419 g/mol. The maximum absolute atomic E-state index is 10.0. The van der Waals surface area contributed by atoms with Gasteiger partial charge in [-0.15, -0.1) is 0 Å². The van der Waals surface area contributed by atoms with E-state index in [4.69, 9.17) is 26.8 Å². The molecule has 0 bridgehead atoms. The molecule has 5 nitrogen and oxygen atoms in total. The minimum Gasteiger partial charge on any atom is -0.479 e. The second-order valence-corrected chi connectivity index (χ2v) is 8.51. The molecular formula is C22H42O5S. The second-order valence-electron chi connectivity index (χ2n) is 8.06. The summed E-state index contributed by atoms with van der Waals surface area (Å²) in [5, 5.41) is 29.4. The van der Waals surface area contributed by atoms with Gasteiger partial charge in [0.25, 0.3) is 0 Å². The van der Waals surface area contributed by atoms with Crippen LogP contribution in [0, 0.1) is 0 Å². The number of aliphatic hydroxyl groups is 3. The summed E-state index contributed by atoms with van der Waals surface area (Å²) in [6.45, 7) is 2.06. The highest BCUT2D eigenvalue weighted by Gasteiger charge is 2.39. The fraction of sp³-hybridized carbons (Fsp3) is 0.955. The van der Waals surface area contributed by atoms with Crippen LogP contribution < -0.4 is 0 Å². The number of unbranched alkanes of at least 4 members (excludes halogenated alkanes) is 12. The predicted octanol–water partition coefficient (Wildman–Crippen LogP) is 4.29. The lowest BCUT2D eigenvalue weighted by molar-refractivity contribution is -0.191. The molecule has 0 saturated carbocycles. The zero-order valence-corrected chi connectivity index (χ0v) is 18.5. The molecule has 1 fully saturated rings. The Hall–Kier alpha value is -0.270. The summed E-state index contributed by atoms with van der Waals surface area (Å²) in [6.07, 6.45) is 14.0.